The van der Waals surface area contributed by atoms with Crippen LogP contribution in [0.2, 0.25) is 0 Å². The van der Waals surface area contributed by atoms with E-state index in [1.54, 1.807) is 0 Å². The number of nitrogen functional groups attached to an aromatic ring is 1. The van der Waals surface area contributed by atoms with Crippen molar-refractivity contribution in [1.82, 2.24) is 9.55 Å². The molecule has 0 saturated carbocycles. The number of fused-ring (bicyclic) bond motifs is 1. The fourth-order valence-electron chi connectivity index (χ4n) is 4.18. The van der Waals surface area contributed by atoms with E-state index in [4.69, 9.17) is 10.5 Å². The molecule has 186 valence electrons. The molecule has 0 radical (unpaired) electrons. The van der Waals surface area contributed by atoms with Crippen LogP contribution < -0.4 is 21.9 Å². The van der Waals surface area contributed by atoms with Crippen LogP contribution in [0.1, 0.15) is 78.9 Å². The third-order valence-electron chi connectivity index (χ3n) is 5.99. The summed E-state index contributed by atoms with van der Waals surface area (Å²) in [5.74, 6) is -1.17. The van der Waals surface area contributed by atoms with Crippen molar-refractivity contribution in [1.29, 1.82) is 0 Å². The Morgan fingerprint density at radius 1 is 1.15 bits per heavy atom. The molecule has 0 aromatic carbocycles. The van der Waals surface area contributed by atoms with E-state index >= 15 is 0 Å². The second-order valence-corrected chi connectivity index (χ2v) is 9.73. The Morgan fingerprint density at radius 3 is 2.59 bits per heavy atom. The Morgan fingerprint density at radius 2 is 1.88 bits per heavy atom. The van der Waals surface area contributed by atoms with Gasteiger partial charge in [-0.3, -0.25) is 19.1 Å². The Bertz CT molecular complexity index is 1110. The number of nitrogens with zero attached hydrogens (tertiary/aromatic N) is 2. The van der Waals surface area contributed by atoms with Crippen molar-refractivity contribution in [3.63, 3.8) is 0 Å². The van der Waals surface area contributed by atoms with Gasteiger partial charge >= 0.3 is 11.7 Å². The number of rotatable bonds is 9. The number of nitrogens with one attached hydrogen (secondary N) is 1. The largest absolute Gasteiger partial charge is 0.451 e. The summed E-state index contributed by atoms with van der Waals surface area (Å²) in [6.45, 7) is 3.84. The van der Waals surface area contributed by atoms with E-state index in [2.05, 4.69) is 4.98 Å². The molecule has 9 nitrogen and oxygen atoms in total. The Balaban J connectivity index is 1.79. The van der Waals surface area contributed by atoms with Crippen molar-refractivity contribution < 1.29 is 14.3 Å². The molecule has 0 atom stereocenters. The number of aromatic amines is 1. The minimum absolute atomic E-state index is 0.0653. The number of esters is 1. The molecular weight excluding hydrogens is 456 g/mol. The highest BCUT2D eigenvalue weighted by Gasteiger charge is 2.25. The molecule has 0 saturated heterocycles. The maximum Gasteiger partial charge on any atom is 0.348 e. The average Bonchev–Trinajstić information content (AvgIpc) is 3.18. The topological polar surface area (TPSA) is 127 Å². The van der Waals surface area contributed by atoms with Crippen molar-refractivity contribution in [2.75, 3.05) is 23.8 Å². The molecule has 2 heterocycles. The maximum atomic E-state index is 13.1. The molecule has 3 rings (SSSR count). The first-order valence-electron chi connectivity index (χ1n) is 12.1. The van der Waals surface area contributed by atoms with Gasteiger partial charge in [0, 0.05) is 18.0 Å². The van der Waals surface area contributed by atoms with Crippen LogP contribution >= 0.6 is 11.3 Å². The highest BCUT2D eigenvalue weighted by atomic mass is 32.1. The minimum Gasteiger partial charge on any atom is -0.451 e. The number of hydrogen-bond donors (Lipinski definition) is 2. The van der Waals surface area contributed by atoms with Gasteiger partial charge in [0.25, 0.3) is 11.5 Å². The van der Waals surface area contributed by atoms with Crippen molar-refractivity contribution in [3.8, 4) is 0 Å². The summed E-state index contributed by atoms with van der Waals surface area (Å²) in [7, 11) is 0. The smallest absolute Gasteiger partial charge is 0.348 e. The van der Waals surface area contributed by atoms with Gasteiger partial charge in [-0.25, -0.2) is 9.59 Å². The van der Waals surface area contributed by atoms with Gasteiger partial charge < -0.3 is 15.4 Å². The summed E-state index contributed by atoms with van der Waals surface area (Å²) in [6.07, 6.45) is 8.56. The van der Waals surface area contributed by atoms with E-state index in [9.17, 15) is 19.2 Å². The standard InChI is InChI=1S/C24H34N4O5S/c1-3-5-13-27(20-21(25)28(12-4-2)24(32)26-22(20)30)19(29)15-33-23(31)18-14-16-10-8-6-7-9-11-17(16)34-18/h14H,3-13,15,25H2,1-2H3,(H,26,30,32). The number of hydrogen-bond acceptors (Lipinski definition) is 7. The molecule has 3 N–H and O–H groups in total. The predicted octanol–water partition coefficient (Wildman–Crippen LogP) is 3.24. The Hall–Kier alpha value is -2.88. The van der Waals surface area contributed by atoms with Gasteiger partial charge in [-0.2, -0.15) is 0 Å². The van der Waals surface area contributed by atoms with Crippen LogP contribution in [0.4, 0.5) is 11.5 Å². The van der Waals surface area contributed by atoms with Gasteiger partial charge in [-0.1, -0.05) is 33.1 Å². The second-order valence-electron chi connectivity index (χ2n) is 8.59. The number of carbonyl (C=O) groups is 2. The van der Waals surface area contributed by atoms with E-state index in [0.717, 1.165) is 32.1 Å². The quantitative estimate of drug-likeness (QED) is 0.520. The number of aromatic nitrogens is 2. The monoisotopic (exact) mass is 490 g/mol. The molecule has 0 unspecified atom stereocenters. The van der Waals surface area contributed by atoms with E-state index in [1.165, 1.54) is 44.1 Å². The van der Waals surface area contributed by atoms with Crippen molar-refractivity contribution >= 4 is 34.7 Å². The highest BCUT2D eigenvalue weighted by molar-refractivity contribution is 7.14. The third kappa shape index (κ3) is 5.97. The van der Waals surface area contributed by atoms with Gasteiger partial charge in [0.05, 0.1) is 0 Å². The lowest BCUT2D eigenvalue weighted by molar-refractivity contribution is -0.121. The summed E-state index contributed by atoms with van der Waals surface area (Å²) in [6, 6.07) is 1.89. The van der Waals surface area contributed by atoms with Gasteiger partial charge in [0.2, 0.25) is 0 Å². The number of anilines is 2. The first-order chi connectivity index (χ1) is 16.4. The molecule has 0 aliphatic heterocycles. The molecule has 0 bridgehead atoms. The lowest BCUT2D eigenvalue weighted by atomic mass is 10.00. The van der Waals surface area contributed by atoms with E-state index in [1.807, 2.05) is 19.9 Å². The molecule has 0 spiro atoms. The van der Waals surface area contributed by atoms with E-state index in [-0.39, 0.29) is 18.1 Å². The Kier molecular flexibility index (Phi) is 9.09. The zero-order chi connectivity index (χ0) is 24.7. The maximum absolute atomic E-state index is 13.1. The van der Waals surface area contributed by atoms with Crippen LogP contribution in [0.15, 0.2) is 15.7 Å². The van der Waals surface area contributed by atoms with Crippen molar-refractivity contribution in [2.45, 2.75) is 78.2 Å². The first-order valence-corrected chi connectivity index (χ1v) is 12.9. The summed E-state index contributed by atoms with van der Waals surface area (Å²) in [5.41, 5.74) is 5.92. The third-order valence-corrected chi connectivity index (χ3v) is 7.21. The SMILES string of the molecule is CCCCN(C(=O)COC(=O)c1cc2c(s1)CCCCCC2)c1c(N)n(CCC)c(=O)[nH]c1=O. The fourth-order valence-corrected chi connectivity index (χ4v) is 5.33. The average molecular weight is 491 g/mol. The molecule has 1 aliphatic rings. The Labute approximate surface area is 202 Å². The van der Waals surface area contributed by atoms with Gasteiger partial charge in [-0.15, -0.1) is 11.3 Å². The molecule has 10 heteroatoms. The summed E-state index contributed by atoms with van der Waals surface area (Å²) < 4.78 is 6.60. The van der Waals surface area contributed by atoms with Crippen LogP contribution in [0.25, 0.3) is 0 Å². The van der Waals surface area contributed by atoms with Gasteiger partial charge in [0.1, 0.15) is 10.7 Å². The molecule has 1 aliphatic carbocycles. The van der Waals surface area contributed by atoms with Gasteiger partial charge in [0.15, 0.2) is 12.3 Å². The van der Waals surface area contributed by atoms with E-state index in [0.29, 0.717) is 24.3 Å². The number of aryl methyl sites for hydroxylation is 2. The first kappa shape index (κ1) is 25.7. The number of thiophene rings is 1. The number of carbonyl (C=O) groups excluding carboxylic acids is 2. The number of unbranched alkanes of at least 4 members (excludes halogenated alkanes) is 1. The zero-order valence-electron chi connectivity index (χ0n) is 20.0. The molecule has 2 aromatic rings. The fraction of sp³-hybridized carbons (Fsp3) is 0.583. The number of H-pyrrole nitrogens is 1. The lowest BCUT2D eigenvalue weighted by Gasteiger charge is -2.24. The van der Waals surface area contributed by atoms with Crippen LogP contribution in [0, 0.1) is 0 Å². The van der Waals surface area contributed by atoms with Crippen LogP contribution in [-0.2, 0) is 28.9 Å². The van der Waals surface area contributed by atoms with Crippen LogP contribution in [-0.4, -0.2) is 34.6 Å². The van der Waals surface area contributed by atoms with Crippen LogP contribution in [0.3, 0.4) is 0 Å². The number of ether oxygens (including phenoxy) is 1. The summed E-state index contributed by atoms with van der Waals surface area (Å²) >= 11 is 1.44. The number of amides is 1. The molecule has 0 fully saturated rings. The van der Waals surface area contributed by atoms with Gasteiger partial charge in [-0.05, 0) is 50.2 Å². The van der Waals surface area contributed by atoms with Crippen molar-refractivity contribution in [3.05, 3.63) is 42.2 Å². The predicted molar refractivity (Wildman–Crippen MR) is 134 cm³/mol. The second kappa shape index (κ2) is 12.0. The number of nitrogens with two attached hydrogens (primary N) is 1. The minimum atomic E-state index is -0.733. The summed E-state index contributed by atoms with van der Waals surface area (Å²) in [5, 5.41) is 0. The van der Waals surface area contributed by atoms with Crippen molar-refractivity contribution in [2.24, 2.45) is 0 Å². The normalized spacial score (nSPS) is 13.6. The molecular formula is C24H34N4O5S. The molecule has 1 amide bonds. The highest BCUT2D eigenvalue weighted by Crippen LogP contribution is 2.29. The molecule has 2 aromatic heterocycles. The summed E-state index contributed by atoms with van der Waals surface area (Å²) in [4.78, 5) is 55.8. The molecule has 34 heavy (non-hydrogen) atoms. The zero-order valence-corrected chi connectivity index (χ0v) is 20.8. The van der Waals surface area contributed by atoms with E-state index < -0.39 is 29.7 Å². The van der Waals surface area contributed by atoms with Crippen LogP contribution in [0.5, 0.6) is 0 Å². The lowest BCUT2D eigenvalue weighted by Crippen LogP contribution is -2.43.